The fourth-order valence-electron chi connectivity index (χ4n) is 4.02. The Labute approximate surface area is 148 Å². The van der Waals surface area contributed by atoms with Crippen LogP contribution in [-0.4, -0.2) is 53.6 Å². The van der Waals surface area contributed by atoms with Crippen molar-refractivity contribution < 1.29 is 19.2 Å². The van der Waals surface area contributed by atoms with Crippen LogP contribution < -0.4 is 5.32 Å². The minimum Gasteiger partial charge on any atom is -0.393 e. The Balaban J connectivity index is 1.63. The first-order valence-electron chi connectivity index (χ1n) is 9.19. The van der Waals surface area contributed by atoms with E-state index in [9.17, 15) is 9.90 Å². The number of piperidine rings is 1. The number of hydrogen-bond acceptors (Lipinski definition) is 5. The Morgan fingerprint density at radius 2 is 2.12 bits per heavy atom. The highest BCUT2D eigenvalue weighted by atomic mass is 16.5. The van der Waals surface area contributed by atoms with Crippen molar-refractivity contribution in [3.63, 3.8) is 0 Å². The van der Waals surface area contributed by atoms with Gasteiger partial charge in [-0.15, -0.1) is 0 Å². The van der Waals surface area contributed by atoms with Gasteiger partial charge in [0.1, 0.15) is 11.4 Å². The maximum absolute atomic E-state index is 12.5. The largest absolute Gasteiger partial charge is 0.393 e. The number of nitrogens with one attached hydrogen (secondary N) is 1. The lowest BCUT2D eigenvalue weighted by molar-refractivity contribution is -0.0858. The maximum Gasteiger partial charge on any atom is 0.323 e. The lowest BCUT2D eigenvalue weighted by atomic mass is 9.74. The molecule has 140 valence electrons. The number of likely N-dealkylation sites (tertiary alicyclic amines) is 1. The molecule has 0 aromatic carbocycles. The van der Waals surface area contributed by atoms with Crippen molar-refractivity contribution in [1.82, 2.24) is 10.1 Å². The van der Waals surface area contributed by atoms with Crippen LogP contribution in [0.4, 0.5) is 10.6 Å². The zero-order chi connectivity index (χ0) is 17.9. The average Bonchev–Trinajstić information content (AvgIpc) is 3.12. The molecule has 2 fully saturated rings. The van der Waals surface area contributed by atoms with Gasteiger partial charge in [-0.3, -0.25) is 5.32 Å². The van der Waals surface area contributed by atoms with E-state index in [0.29, 0.717) is 18.9 Å². The molecule has 1 atom stereocenters. The molecule has 1 saturated heterocycles. The Hall–Kier alpha value is -1.60. The van der Waals surface area contributed by atoms with Gasteiger partial charge in [0.05, 0.1) is 13.2 Å². The van der Waals surface area contributed by atoms with Gasteiger partial charge in [0.25, 0.3) is 0 Å². The molecule has 0 radical (unpaired) electrons. The van der Waals surface area contributed by atoms with E-state index in [1.807, 2.05) is 6.07 Å². The number of urea groups is 1. The molecular formula is C18H29N3O4. The predicted octanol–water partition coefficient (Wildman–Crippen LogP) is 2.90. The zero-order valence-electron chi connectivity index (χ0n) is 15.2. The van der Waals surface area contributed by atoms with Crippen molar-refractivity contribution in [3.05, 3.63) is 11.8 Å². The predicted molar refractivity (Wildman–Crippen MR) is 93.6 cm³/mol. The topological polar surface area (TPSA) is 87.8 Å². The highest BCUT2D eigenvalue weighted by Gasteiger charge is 2.37. The summed E-state index contributed by atoms with van der Waals surface area (Å²) in [6, 6.07) is 1.62. The monoisotopic (exact) mass is 351 g/mol. The highest BCUT2D eigenvalue weighted by molar-refractivity contribution is 5.88. The molecule has 25 heavy (non-hydrogen) atoms. The second kappa shape index (κ2) is 7.33. The van der Waals surface area contributed by atoms with Crippen LogP contribution in [-0.2, 0) is 10.2 Å². The highest BCUT2D eigenvalue weighted by Crippen LogP contribution is 2.39. The molecule has 1 saturated carbocycles. The Morgan fingerprint density at radius 1 is 1.36 bits per heavy atom. The van der Waals surface area contributed by atoms with E-state index < -0.39 is 5.60 Å². The number of carbonyl (C=O) groups is 1. The molecule has 1 unspecified atom stereocenters. The Bertz CT molecular complexity index is 591. The van der Waals surface area contributed by atoms with Gasteiger partial charge in [0, 0.05) is 25.1 Å². The summed E-state index contributed by atoms with van der Waals surface area (Å²) in [5.74, 6) is 1.30. The number of hydrogen-bond donors (Lipinski definition) is 2. The van der Waals surface area contributed by atoms with E-state index in [1.165, 1.54) is 19.3 Å². The van der Waals surface area contributed by atoms with E-state index in [2.05, 4.69) is 17.4 Å². The summed E-state index contributed by atoms with van der Waals surface area (Å²) in [5.41, 5.74) is -0.651. The number of anilines is 1. The third-order valence-corrected chi connectivity index (χ3v) is 5.84. The molecule has 2 amide bonds. The van der Waals surface area contributed by atoms with Crippen molar-refractivity contribution in [3.8, 4) is 0 Å². The summed E-state index contributed by atoms with van der Waals surface area (Å²) in [6.07, 6.45) is 7.40. The molecule has 3 rings (SSSR count). The van der Waals surface area contributed by atoms with Crippen LogP contribution >= 0.6 is 0 Å². The van der Waals surface area contributed by atoms with Crippen molar-refractivity contribution >= 4 is 11.8 Å². The van der Waals surface area contributed by atoms with Crippen LogP contribution in [0.1, 0.15) is 57.6 Å². The van der Waals surface area contributed by atoms with Crippen LogP contribution in [0.3, 0.4) is 0 Å². The molecule has 0 spiro atoms. The van der Waals surface area contributed by atoms with Gasteiger partial charge in [-0.05, 0) is 25.7 Å². The molecule has 1 aliphatic heterocycles. The lowest BCUT2D eigenvalue weighted by Gasteiger charge is -2.40. The molecule has 2 N–H and O–H groups in total. The van der Waals surface area contributed by atoms with Crippen LogP contribution in [0.15, 0.2) is 10.6 Å². The molecule has 0 bridgehead atoms. The summed E-state index contributed by atoms with van der Waals surface area (Å²) in [6.45, 7) is 3.12. The standard InChI is InChI=1S/C18H29N3O4/c1-17(7-4-3-5-8-17)14-11-15(20-25-14)19-16(23)21-10-6-9-18(12-21,13-22)24-2/h11,22H,3-10,12-13H2,1-2H3,(H,19,20,23). The third-order valence-electron chi connectivity index (χ3n) is 5.84. The summed E-state index contributed by atoms with van der Waals surface area (Å²) in [4.78, 5) is 14.2. The van der Waals surface area contributed by atoms with Gasteiger partial charge in [0.2, 0.25) is 0 Å². The molecule has 1 aromatic rings. The van der Waals surface area contributed by atoms with E-state index in [4.69, 9.17) is 9.26 Å². The number of aliphatic hydroxyl groups is 1. The zero-order valence-corrected chi connectivity index (χ0v) is 15.2. The van der Waals surface area contributed by atoms with Gasteiger partial charge < -0.3 is 19.3 Å². The SMILES string of the molecule is COC1(CO)CCCN(C(=O)Nc2cc(C3(C)CCCCC3)on2)C1. The first-order chi connectivity index (χ1) is 12.0. The normalized spacial score (nSPS) is 26.4. The van der Waals surface area contributed by atoms with Crippen LogP contribution in [0, 0.1) is 0 Å². The quantitative estimate of drug-likeness (QED) is 0.871. The van der Waals surface area contributed by atoms with Crippen molar-refractivity contribution in [1.29, 1.82) is 0 Å². The minimum absolute atomic E-state index is 0.0153. The number of nitrogens with zero attached hydrogens (tertiary/aromatic N) is 2. The number of methoxy groups -OCH3 is 1. The minimum atomic E-state index is -0.667. The summed E-state index contributed by atoms with van der Waals surface area (Å²) in [7, 11) is 1.58. The number of rotatable bonds is 4. The second-order valence-corrected chi connectivity index (χ2v) is 7.70. The molecule has 7 nitrogen and oxygen atoms in total. The number of aliphatic hydroxyl groups excluding tert-OH is 1. The van der Waals surface area contributed by atoms with Crippen molar-refractivity contribution in [2.24, 2.45) is 0 Å². The van der Waals surface area contributed by atoms with Gasteiger partial charge >= 0.3 is 6.03 Å². The molecule has 7 heteroatoms. The number of carbonyl (C=O) groups excluding carboxylic acids is 1. The molecule has 1 aromatic heterocycles. The van der Waals surface area contributed by atoms with E-state index in [-0.39, 0.29) is 18.1 Å². The van der Waals surface area contributed by atoms with Gasteiger partial charge in [0.15, 0.2) is 5.82 Å². The van der Waals surface area contributed by atoms with Crippen LogP contribution in [0.5, 0.6) is 0 Å². The molecule has 2 aliphatic rings. The van der Waals surface area contributed by atoms with Gasteiger partial charge in [-0.2, -0.15) is 0 Å². The summed E-state index contributed by atoms with van der Waals surface area (Å²) in [5, 5.41) is 16.4. The van der Waals surface area contributed by atoms with E-state index in [0.717, 1.165) is 31.4 Å². The smallest absolute Gasteiger partial charge is 0.323 e. The van der Waals surface area contributed by atoms with Crippen LogP contribution in [0.25, 0.3) is 0 Å². The fourth-order valence-corrected chi connectivity index (χ4v) is 4.02. The third kappa shape index (κ3) is 3.82. The summed E-state index contributed by atoms with van der Waals surface area (Å²) >= 11 is 0. The number of amides is 2. The van der Waals surface area contributed by atoms with E-state index >= 15 is 0 Å². The Kier molecular flexibility index (Phi) is 5.34. The molecule has 2 heterocycles. The molecule has 1 aliphatic carbocycles. The van der Waals surface area contributed by atoms with E-state index in [1.54, 1.807) is 12.0 Å². The van der Waals surface area contributed by atoms with Gasteiger partial charge in [-0.25, -0.2) is 4.79 Å². The first-order valence-corrected chi connectivity index (χ1v) is 9.19. The maximum atomic E-state index is 12.5. The van der Waals surface area contributed by atoms with Crippen molar-refractivity contribution in [2.75, 3.05) is 32.1 Å². The Morgan fingerprint density at radius 3 is 2.80 bits per heavy atom. The lowest BCUT2D eigenvalue weighted by Crippen LogP contribution is -2.54. The van der Waals surface area contributed by atoms with Crippen LogP contribution in [0.2, 0.25) is 0 Å². The average molecular weight is 351 g/mol. The van der Waals surface area contributed by atoms with Gasteiger partial charge in [-0.1, -0.05) is 31.3 Å². The molecular weight excluding hydrogens is 322 g/mol. The number of aromatic nitrogens is 1. The van der Waals surface area contributed by atoms with Crippen molar-refractivity contribution in [2.45, 2.75) is 62.9 Å². The number of ether oxygens (including phenoxy) is 1. The second-order valence-electron chi connectivity index (χ2n) is 7.70. The fraction of sp³-hybridized carbons (Fsp3) is 0.778. The summed E-state index contributed by atoms with van der Waals surface area (Å²) < 4.78 is 11.0. The first kappa shape index (κ1) is 18.2.